The summed E-state index contributed by atoms with van der Waals surface area (Å²) in [6.07, 6.45) is 5.02. The smallest absolute Gasteiger partial charge is 0.330 e. The van der Waals surface area contributed by atoms with E-state index in [2.05, 4.69) is 32.0 Å². The van der Waals surface area contributed by atoms with Crippen LogP contribution in [0.5, 0.6) is 0 Å². The lowest BCUT2D eigenvalue weighted by atomic mass is 9.92. The van der Waals surface area contributed by atoms with Gasteiger partial charge in [-0.3, -0.25) is 4.79 Å². The predicted molar refractivity (Wildman–Crippen MR) is 99.8 cm³/mol. The molecule has 0 amide bonds. The van der Waals surface area contributed by atoms with E-state index in [9.17, 15) is 9.59 Å². The molecule has 1 saturated heterocycles. The van der Waals surface area contributed by atoms with Crippen LogP contribution in [0.4, 0.5) is 0 Å². The number of rotatable bonds is 4. The molecule has 25 heavy (non-hydrogen) atoms. The summed E-state index contributed by atoms with van der Waals surface area (Å²) in [5, 5.41) is 1.69. The normalized spacial score (nSPS) is 17.0. The lowest BCUT2D eigenvalue weighted by Crippen LogP contribution is -2.40. The maximum atomic E-state index is 12.4. The highest BCUT2D eigenvalue weighted by Crippen LogP contribution is 2.22. The zero-order chi connectivity index (χ0) is 18.6. The van der Waals surface area contributed by atoms with Gasteiger partial charge < -0.3 is 4.84 Å². The van der Waals surface area contributed by atoms with Crippen molar-refractivity contribution in [3.05, 3.63) is 41.0 Å². The van der Waals surface area contributed by atoms with Crippen molar-refractivity contribution >= 4 is 17.8 Å². The zero-order valence-electron chi connectivity index (χ0n) is 16.0. The van der Waals surface area contributed by atoms with Crippen molar-refractivity contribution in [1.29, 1.82) is 0 Å². The summed E-state index contributed by atoms with van der Waals surface area (Å²) in [6.45, 7) is 10.8. The summed E-state index contributed by atoms with van der Waals surface area (Å²) in [6, 6.07) is 6.27. The molecule has 0 spiro atoms. The lowest BCUT2D eigenvalue weighted by Gasteiger charge is -2.31. The molecule has 136 valence electrons. The summed E-state index contributed by atoms with van der Waals surface area (Å²) >= 11 is 0. The van der Waals surface area contributed by atoms with Gasteiger partial charge in [0.1, 0.15) is 0 Å². The zero-order valence-corrected chi connectivity index (χ0v) is 16.0. The summed E-state index contributed by atoms with van der Waals surface area (Å²) in [4.78, 5) is 29.7. The first-order chi connectivity index (χ1) is 11.6. The molecule has 0 bridgehead atoms. The Morgan fingerprint density at radius 2 is 1.64 bits per heavy atom. The number of benzene rings is 1. The predicted octanol–water partition coefficient (Wildman–Crippen LogP) is 4.10. The van der Waals surface area contributed by atoms with Crippen LogP contribution in [-0.2, 0) is 14.4 Å². The standard InChI is InChI=1S/C21H29NO3/c1-15-12-16(2)14-17(13-15)6-7-19(23)18-8-10-22(11-9-18)25-20(24)21(3,4)5/h6-7,12-14,18H,8-11H2,1-5H3/b7-6+. The molecule has 0 atom stereocenters. The molecule has 1 heterocycles. The van der Waals surface area contributed by atoms with Gasteiger partial charge in [0.25, 0.3) is 0 Å². The molecule has 0 aromatic heterocycles. The first-order valence-electron chi connectivity index (χ1n) is 8.93. The minimum atomic E-state index is -0.513. The molecule has 1 aliphatic heterocycles. The van der Waals surface area contributed by atoms with Gasteiger partial charge in [0, 0.05) is 19.0 Å². The second kappa shape index (κ2) is 7.96. The summed E-state index contributed by atoms with van der Waals surface area (Å²) in [5.41, 5.74) is 2.94. The number of ketones is 1. The van der Waals surface area contributed by atoms with Crippen molar-refractivity contribution in [2.45, 2.75) is 47.5 Å². The van der Waals surface area contributed by atoms with Gasteiger partial charge in [0.15, 0.2) is 5.78 Å². The first-order valence-corrected chi connectivity index (χ1v) is 8.93. The fraction of sp³-hybridized carbons (Fsp3) is 0.524. The van der Waals surface area contributed by atoms with Crippen LogP contribution in [0.3, 0.4) is 0 Å². The second-order valence-corrected chi connectivity index (χ2v) is 7.99. The van der Waals surface area contributed by atoms with Crippen molar-refractivity contribution in [3.8, 4) is 0 Å². The van der Waals surface area contributed by atoms with Crippen LogP contribution in [0.1, 0.15) is 50.3 Å². The molecule has 1 aromatic carbocycles. The van der Waals surface area contributed by atoms with Crippen LogP contribution in [0.25, 0.3) is 6.08 Å². The van der Waals surface area contributed by atoms with Gasteiger partial charge in [0.2, 0.25) is 0 Å². The molecule has 0 aliphatic carbocycles. The summed E-state index contributed by atoms with van der Waals surface area (Å²) < 4.78 is 0. The van der Waals surface area contributed by atoms with Crippen LogP contribution < -0.4 is 0 Å². The number of piperidine rings is 1. The molecular formula is C21H29NO3. The van der Waals surface area contributed by atoms with E-state index in [1.54, 1.807) is 11.1 Å². The number of hydrogen-bond acceptors (Lipinski definition) is 4. The Kier molecular flexibility index (Phi) is 6.17. The fourth-order valence-electron chi connectivity index (χ4n) is 2.91. The van der Waals surface area contributed by atoms with E-state index in [4.69, 9.17) is 4.84 Å². The second-order valence-electron chi connectivity index (χ2n) is 7.99. The van der Waals surface area contributed by atoms with E-state index in [-0.39, 0.29) is 17.7 Å². The highest BCUT2D eigenvalue weighted by Gasteiger charge is 2.29. The van der Waals surface area contributed by atoms with Crippen molar-refractivity contribution in [2.75, 3.05) is 13.1 Å². The third kappa shape index (κ3) is 5.82. The van der Waals surface area contributed by atoms with Crippen molar-refractivity contribution in [3.63, 3.8) is 0 Å². The Bertz CT molecular complexity index is 642. The largest absolute Gasteiger partial charge is 0.367 e. The van der Waals surface area contributed by atoms with Gasteiger partial charge >= 0.3 is 5.97 Å². The third-order valence-electron chi connectivity index (χ3n) is 4.36. The molecule has 0 unspecified atom stereocenters. The molecule has 0 saturated carbocycles. The number of hydrogen-bond donors (Lipinski definition) is 0. The maximum absolute atomic E-state index is 12.4. The summed E-state index contributed by atoms with van der Waals surface area (Å²) in [7, 11) is 0. The Labute approximate surface area is 150 Å². The first kappa shape index (κ1) is 19.4. The number of allylic oxidation sites excluding steroid dienone is 1. The van der Waals surface area contributed by atoms with E-state index in [1.165, 1.54) is 11.1 Å². The molecule has 2 rings (SSSR count). The Hall–Kier alpha value is -1.94. The van der Waals surface area contributed by atoms with Gasteiger partial charge in [-0.25, -0.2) is 4.79 Å². The van der Waals surface area contributed by atoms with Crippen LogP contribution in [0.2, 0.25) is 0 Å². The molecule has 4 heteroatoms. The fourth-order valence-corrected chi connectivity index (χ4v) is 2.91. The van der Waals surface area contributed by atoms with Crippen molar-refractivity contribution in [2.24, 2.45) is 11.3 Å². The number of carbonyl (C=O) groups excluding carboxylic acids is 2. The van der Waals surface area contributed by atoms with Gasteiger partial charge in [0.05, 0.1) is 5.41 Å². The molecule has 0 N–H and O–H groups in total. The van der Waals surface area contributed by atoms with E-state index in [0.29, 0.717) is 25.9 Å². The van der Waals surface area contributed by atoms with E-state index < -0.39 is 5.41 Å². The number of aryl methyl sites for hydroxylation is 2. The van der Waals surface area contributed by atoms with Crippen LogP contribution in [0, 0.1) is 25.2 Å². The molecular weight excluding hydrogens is 314 g/mol. The SMILES string of the molecule is Cc1cc(C)cc(/C=C/C(=O)C2CCN(OC(=O)C(C)(C)C)CC2)c1. The molecule has 1 aliphatic rings. The number of hydroxylamine groups is 2. The Morgan fingerprint density at radius 3 is 2.16 bits per heavy atom. The van der Waals surface area contributed by atoms with Crippen molar-refractivity contribution < 1.29 is 14.4 Å². The van der Waals surface area contributed by atoms with E-state index >= 15 is 0 Å². The molecule has 0 radical (unpaired) electrons. The van der Waals surface area contributed by atoms with Crippen LogP contribution in [-0.4, -0.2) is 29.9 Å². The number of nitrogens with zero attached hydrogens (tertiary/aromatic N) is 1. The molecule has 4 nitrogen and oxygen atoms in total. The maximum Gasteiger partial charge on any atom is 0.330 e. The van der Waals surface area contributed by atoms with E-state index in [1.807, 2.05) is 26.8 Å². The average molecular weight is 343 g/mol. The van der Waals surface area contributed by atoms with Gasteiger partial charge in [-0.05, 0) is 59.1 Å². The molecule has 1 aromatic rings. The van der Waals surface area contributed by atoms with Crippen LogP contribution in [0.15, 0.2) is 24.3 Å². The minimum absolute atomic E-state index is 0.00625. The van der Waals surface area contributed by atoms with Crippen LogP contribution >= 0.6 is 0 Å². The highest BCUT2D eigenvalue weighted by atomic mass is 16.7. The van der Waals surface area contributed by atoms with Gasteiger partial charge in [-0.2, -0.15) is 0 Å². The van der Waals surface area contributed by atoms with E-state index in [0.717, 1.165) is 5.56 Å². The average Bonchev–Trinajstić information content (AvgIpc) is 2.51. The highest BCUT2D eigenvalue weighted by molar-refractivity contribution is 5.95. The van der Waals surface area contributed by atoms with Gasteiger partial charge in [-0.1, -0.05) is 35.4 Å². The van der Waals surface area contributed by atoms with Gasteiger partial charge in [-0.15, -0.1) is 5.06 Å². The minimum Gasteiger partial charge on any atom is -0.367 e. The number of carbonyl (C=O) groups is 2. The topological polar surface area (TPSA) is 46.6 Å². The summed E-state index contributed by atoms with van der Waals surface area (Å²) in [5.74, 6) is -0.0697. The monoisotopic (exact) mass is 343 g/mol. The lowest BCUT2D eigenvalue weighted by molar-refractivity contribution is -0.205. The Balaban J connectivity index is 1.87. The third-order valence-corrected chi connectivity index (χ3v) is 4.36. The molecule has 1 fully saturated rings. The Morgan fingerprint density at radius 1 is 1.08 bits per heavy atom. The van der Waals surface area contributed by atoms with Crippen molar-refractivity contribution in [1.82, 2.24) is 5.06 Å². The quantitative estimate of drug-likeness (QED) is 0.772.